The number of carbonyl (C=O) groups excluding carboxylic acids is 2. The van der Waals surface area contributed by atoms with E-state index >= 15 is 0 Å². The summed E-state index contributed by atoms with van der Waals surface area (Å²) in [5.41, 5.74) is 1.69. The number of benzene rings is 1. The number of fused-ring (bicyclic) bond motifs is 2. The van der Waals surface area contributed by atoms with E-state index in [4.69, 9.17) is 4.74 Å². The molecule has 2 bridgehead atoms. The molecule has 1 aromatic carbocycles. The fourth-order valence-electron chi connectivity index (χ4n) is 5.54. The molecule has 31 heavy (non-hydrogen) atoms. The van der Waals surface area contributed by atoms with Gasteiger partial charge in [0.05, 0.1) is 24.5 Å². The zero-order valence-corrected chi connectivity index (χ0v) is 18.1. The van der Waals surface area contributed by atoms with Crippen molar-refractivity contribution in [2.45, 2.75) is 50.7 Å². The first-order valence-corrected chi connectivity index (χ1v) is 11.6. The highest BCUT2D eigenvalue weighted by Gasteiger charge is 2.66. The van der Waals surface area contributed by atoms with E-state index in [9.17, 15) is 9.59 Å². The lowest BCUT2D eigenvalue weighted by Gasteiger charge is -2.23. The Kier molecular flexibility index (Phi) is 5.34. The fraction of sp³-hybridized carbons (Fsp3) is 0.520. The van der Waals surface area contributed by atoms with Crippen molar-refractivity contribution in [3.8, 4) is 0 Å². The molecule has 4 atom stereocenters. The van der Waals surface area contributed by atoms with E-state index in [0.717, 1.165) is 24.8 Å². The average Bonchev–Trinajstić information content (AvgIpc) is 3.52. The van der Waals surface area contributed by atoms with E-state index in [-0.39, 0.29) is 17.9 Å². The molecule has 1 aromatic heterocycles. The van der Waals surface area contributed by atoms with Gasteiger partial charge in [-0.05, 0) is 24.5 Å². The summed E-state index contributed by atoms with van der Waals surface area (Å²) in [6, 6.07) is 8.22. The number of nitrogens with one attached hydrogen (secondary N) is 2. The Bertz CT molecular complexity index is 1010. The zero-order valence-electron chi connectivity index (χ0n) is 18.1. The molecule has 5 rings (SSSR count). The Morgan fingerprint density at radius 3 is 3.03 bits per heavy atom. The summed E-state index contributed by atoms with van der Waals surface area (Å²) < 4.78 is 6.23. The molecule has 4 heterocycles. The van der Waals surface area contributed by atoms with Gasteiger partial charge in [0.25, 0.3) is 0 Å². The number of amides is 2. The molecular weight excluding hydrogens is 390 g/mol. The van der Waals surface area contributed by atoms with Gasteiger partial charge in [-0.3, -0.25) is 9.59 Å². The first-order chi connectivity index (χ1) is 15.1. The van der Waals surface area contributed by atoms with Crippen molar-refractivity contribution in [2.75, 3.05) is 19.6 Å². The molecule has 2 saturated heterocycles. The van der Waals surface area contributed by atoms with Crippen molar-refractivity contribution in [1.82, 2.24) is 15.2 Å². The predicted molar refractivity (Wildman–Crippen MR) is 119 cm³/mol. The molecule has 0 radical (unpaired) electrons. The molecular formula is C25H31N3O3. The Balaban J connectivity index is 1.24. The van der Waals surface area contributed by atoms with Crippen molar-refractivity contribution >= 4 is 22.7 Å². The second-order valence-corrected chi connectivity index (χ2v) is 9.12. The van der Waals surface area contributed by atoms with Crippen LogP contribution in [0.25, 0.3) is 10.9 Å². The second-order valence-electron chi connectivity index (χ2n) is 9.12. The number of aromatic amines is 1. The minimum absolute atomic E-state index is 0.0375. The third kappa shape index (κ3) is 3.47. The van der Waals surface area contributed by atoms with E-state index in [1.54, 1.807) is 0 Å². The summed E-state index contributed by atoms with van der Waals surface area (Å²) in [4.78, 5) is 31.5. The highest BCUT2D eigenvalue weighted by atomic mass is 16.5. The highest BCUT2D eigenvalue weighted by molar-refractivity contribution is 5.93. The lowest BCUT2D eigenvalue weighted by molar-refractivity contribution is -0.137. The van der Waals surface area contributed by atoms with E-state index in [1.807, 2.05) is 35.4 Å². The van der Waals surface area contributed by atoms with Crippen LogP contribution in [0.1, 0.15) is 38.2 Å². The summed E-state index contributed by atoms with van der Waals surface area (Å²) in [7, 11) is 0. The smallest absolute Gasteiger partial charge is 0.230 e. The third-order valence-corrected chi connectivity index (χ3v) is 7.14. The van der Waals surface area contributed by atoms with Gasteiger partial charge in [0.2, 0.25) is 11.8 Å². The number of unbranched alkanes of at least 4 members (excludes halogenated alkanes) is 3. The van der Waals surface area contributed by atoms with Gasteiger partial charge >= 0.3 is 0 Å². The number of H-pyrrole nitrogens is 1. The quantitative estimate of drug-likeness (QED) is 0.482. The molecule has 6 heteroatoms. The first-order valence-electron chi connectivity index (χ1n) is 11.6. The molecule has 2 amide bonds. The highest BCUT2D eigenvalue weighted by Crippen LogP contribution is 2.51. The van der Waals surface area contributed by atoms with Gasteiger partial charge in [-0.2, -0.15) is 0 Å². The molecule has 3 aliphatic heterocycles. The maximum atomic E-state index is 13.3. The molecule has 2 N–H and O–H groups in total. The maximum absolute atomic E-state index is 13.3. The molecule has 6 nitrogen and oxygen atoms in total. The number of rotatable bonds is 9. The minimum atomic E-state index is -0.633. The topological polar surface area (TPSA) is 74.4 Å². The van der Waals surface area contributed by atoms with E-state index in [1.165, 1.54) is 23.8 Å². The normalized spacial score (nSPS) is 28.6. The number of carbonyl (C=O) groups is 2. The fourth-order valence-corrected chi connectivity index (χ4v) is 5.54. The summed E-state index contributed by atoms with van der Waals surface area (Å²) in [6.45, 7) is 4.01. The first kappa shape index (κ1) is 20.3. The van der Waals surface area contributed by atoms with Gasteiger partial charge in [0, 0.05) is 30.2 Å². The van der Waals surface area contributed by atoms with Crippen molar-refractivity contribution in [3.05, 3.63) is 48.2 Å². The summed E-state index contributed by atoms with van der Waals surface area (Å²) in [5, 5.41) is 4.26. The molecule has 164 valence electrons. The van der Waals surface area contributed by atoms with Gasteiger partial charge < -0.3 is 19.9 Å². The number of nitrogens with zero attached hydrogens (tertiary/aromatic N) is 1. The lowest BCUT2D eigenvalue weighted by atomic mass is 9.77. The summed E-state index contributed by atoms with van der Waals surface area (Å²) in [5.74, 6) is -0.801. The van der Waals surface area contributed by atoms with Crippen LogP contribution < -0.4 is 5.32 Å². The molecule has 2 aromatic rings. The Morgan fingerprint density at radius 2 is 2.16 bits per heavy atom. The summed E-state index contributed by atoms with van der Waals surface area (Å²) >= 11 is 0. The molecule has 0 unspecified atom stereocenters. The van der Waals surface area contributed by atoms with Crippen LogP contribution in [0.2, 0.25) is 0 Å². The van der Waals surface area contributed by atoms with E-state index in [2.05, 4.69) is 29.4 Å². The van der Waals surface area contributed by atoms with Gasteiger partial charge in [-0.1, -0.05) is 56.5 Å². The van der Waals surface area contributed by atoms with Gasteiger partial charge in [-0.25, -0.2) is 0 Å². The number of hydrogen-bond acceptors (Lipinski definition) is 3. The number of hydrogen-bond donors (Lipinski definition) is 2. The molecule has 2 fully saturated rings. The van der Waals surface area contributed by atoms with Crippen LogP contribution >= 0.6 is 0 Å². The van der Waals surface area contributed by atoms with Crippen LogP contribution in [0.3, 0.4) is 0 Å². The Labute approximate surface area is 183 Å². The van der Waals surface area contributed by atoms with Crippen molar-refractivity contribution in [1.29, 1.82) is 0 Å². The van der Waals surface area contributed by atoms with E-state index in [0.29, 0.717) is 19.6 Å². The molecule has 3 aliphatic rings. The molecule has 0 aliphatic carbocycles. The molecule has 0 saturated carbocycles. The van der Waals surface area contributed by atoms with Crippen LogP contribution in [0.5, 0.6) is 0 Å². The standard InChI is InChI=1S/C25H31N3O3/c1-2-3-4-7-13-26-23(29)21-20-10-12-25(31-20)16-28(24(30)22(21)25)14-11-17-15-27-19-9-6-5-8-18(17)19/h5-6,8-10,12,15,20-22,27H,2-4,7,11,13-14,16H2,1H3,(H,26,29)/t20-,21-,22+,25+/m1/s1. The Morgan fingerprint density at radius 1 is 1.29 bits per heavy atom. The molecule has 1 spiro atoms. The SMILES string of the molecule is CCCCCCNC(=O)[C@H]1[C@H]2C(=O)N(CCc3c[nH]c4ccccc34)C[C@@]23C=C[C@H]1O3. The minimum Gasteiger partial charge on any atom is -0.361 e. The van der Waals surface area contributed by atoms with Crippen molar-refractivity contribution in [3.63, 3.8) is 0 Å². The Hall–Kier alpha value is -2.60. The van der Waals surface area contributed by atoms with E-state index < -0.39 is 17.4 Å². The van der Waals surface area contributed by atoms with Crippen LogP contribution in [-0.4, -0.2) is 53.0 Å². The number of para-hydroxylation sites is 1. The summed E-state index contributed by atoms with van der Waals surface area (Å²) in [6.07, 6.45) is 11.0. The largest absolute Gasteiger partial charge is 0.361 e. The van der Waals surface area contributed by atoms with Crippen LogP contribution in [0.4, 0.5) is 0 Å². The van der Waals surface area contributed by atoms with Crippen molar-refractivity contribution in [2.24, 2.45) is 11.8 Å². The van der Waals surface area contributed by atoms with Crippen LogP contribution in [0.15, 0.2) is 42.6 Å². The van der Waals surface area contributed by atoms with Gasteiger partial charge in [0.15, 0.2) is 0 Å². The lowest BCUT2D eigenvalue weighted by Crippen LogP contribution is -2.44. The predicted octanol–water partition coefficient (Wildman–Crippen LogP) is 3.19. The van der Waals surface area contributed by atoms with Gasteiger partial charge in [0.1, 0.15) is 5.60 Å². The number of ether oxygens (including phenoxy) is 1. The number of likely N-dealkylation sites (tertiary alicyclic amines) is 1. The van der Waals surface area contributed by atoms with Crippen molar-refractivity contribution < 1.29 is 14.3 Å². The third-order valence-electron chi connectivity index (χ3n) is 7.14. The zero-order chi connectivity index (χ0) is 21.4. The van der Waals surface area contributed by atoms with Crippen LogP contribution in [0, 0.1) is 11.8 Å². The maximum Gasteiger partial charge on any atom is 0.230 e. The average molecular weight is 422 g/mol. The van der Waals surface area contributed by atoms with Crippen LogP contribution in [-0.2, 0) is 20.7 Å². The number of aromatic nitrogens is 1. The second kappa shape index (κ2) is 8.15. The van der Waals surface area contributed by atoms with Gasteiger partial charge in [-0.15, -0.1) is 0 Å². The monoisotopic (exact) mass is 421 g/mol.